The first kappa shape index (κ1) is 35.1. The van der Waals surface area contributed by atoms with E-state index in [0.717, 1.165) is 0 Å². The van der Waals surface area contributed by atoms with E-state index in [9.17, 15) is 13.9 Å². The molecule has 0 amide bonds. The van der Waals surface area contributed by atoms with Crippen molar-refractivity contribution in [3.05, 3.63) is 67.0 Å². The number of ether oxygens (including phenoxy) is 2. The Kier molecular flexibility index (Phi) is 9.57. The van der Waals surface area contributed by atoms with Crippen molar-refractivity contribution in [1.82, 2.24) is 43.4 Å². The predicted molar refractivity (Wildman–Crippen MR) is 186 cm³/mol. The molecular formula is C27H32N10O9P2S2. The number of hydrogen-bond donors (Lipinski definition) is 4. The van der Waals surface area contributed by atoms with Crippen LogP contribution >= 0.6 is 38.1 Å². The second-order valence-electron chi connectivity index (χ2n) is 11.4. The Morgan fingerprint density at radius 2 is 1.78 bits per heavy atom. The van der Waals surface area contributed by atoms with Crippen LogP contribution in [0.25, 0.3) is 28.1 Å². The van der Waals surface area contributed by atoms with Crippen molar-refractivity contribution in [1.29, 1.82) is 0 Å². The highest BCUT2D eigenvalue weighted by Gasteiger charge is 2.49. The smallest absolute Gasteiger partial charge is 0.382 e. The van der Waals surface area contributed by atoms with Gasteiger partial charge >= 0.3 is 13.6 Å². The lowest BCUT2D eigenvalue weighted by atomic mass is 10.00. The molecule has 5 aromatic heterocycles. The molecule has 7 rings (SSSR count). The number of aromatic nitrogens is 9. The lowest BCUT2D eigenvalue weighted by Gasteiger charge is -2.26. The van der Waals surface area contributed by atoms with Gasteiger partial charge in [-0.05, 0) is 6.42 Å². The van der Waals surface area contributed by atoms with E-state index in [-0.39, 0.29) is 36.2 Å². The lowest BCUT2D eigenvalue weighted by Crippen LogP contribution is -2.32. The summed E-state index contributed by atoms with van der Waals surface area (Å²) in [6, 6.07) is 0. The van der Waals surface area contributed by atoms with Gasteiger partial charge in [-0.15, -0.1) is 13.2 Å². The fraction of sp³-hybridized carbons (Fsp3) is 0.407. The number of imidazole rings is 3. The predicted octanol–water partition coefficient (Wildman–Crippen LogP) is 3.72. The number of aromatic amines is 1. The first-order chi connectivity index (χ1) is 23.9. The van der Waals surface area contributed by atoms with Crippen molar-refractivity contribution in [2.45, 2.75) is 37.2 Å². The Morgan fingerprint density at radius 3 is 2.54 bits per heavy atom. The second kappa shape index (κ2) is 13.6. The molecule has 50 heavy (non-hydrogen) atoms. The molecule has 0 saturated carbocycles. The topological polar surface area (TPSA) is 227 Å². The molecule has 0 bridgehead atoms. The first-order valence-electron chi connectivity index (χ1n) is 15.0. The minimum absolute atomic E-state index is 0.119. The Morgan fingerprint density at radius 1 is 1.02 bits per heavy atom. The molecule has 0 aromatic carbocycles. The normalized spacial score (nSPS) is 27.9. The molecule has 2 saturated heterocycles. The Labute approximate surface area is 293 Å². The molecule has 7 heterocycles. The molecule has 0 aliphatic carbocycles. The highest BCUT2D eigenvalue weighted by molar-refractivity contribution is 8.44. The number of anilines is 1. The standard InChI is InChI=1S/C27H32N10O9P2S2/c1-4-14-8-15(44-25(14)36-12-32-18-21(28)30-11-31-22(18)36)9-42-48(40,50)46-20-16(5-2)26(45-17(20)10-43-47(39,49)41-3)37-13-33-19-23(37)34-27-29-6-7-35(27)24(19)38/h4-7,11-17,20,25-26H,1-2,8-10H2,3H3,(H,29,34)(H,39,49)(H,40,50)(H2,28,30,31)/t14-,15+,16-,17-,20+,25-,26-,47?,48?/m1/s1. The van der Waals surface area contributed by atoms with Crippen LogP contribution in [0.15, 0.2) is 61.5 Å². The van der Waals surface area contributed by atoms with Crippen LogP contribution < -0.4 is 11.3 Å². The average molecular weight is 767 g/mol. The number of hydrogen-bond acceptors (Lipinski definition) is 15. The Balaban J connectivity index is 1.11. The van der Waals surface area contributed by atoms with Gasteiger partial charge in [0.2, 0.25) is 5.78 Å². The minimum atomic E-state index is -4.16. The van der Waals surface area contributed by atoms with Crippen LogP contribution in [0.3, 0.4) is 0 Å². The minimum Gasteiger partial charge on any atom is -0.382 e. The van der Waals surface area contributed by atoms with Crippen molar-refractivity contribution in [2.24, 2.45) is 11.8 Å². The van der Waals surface area contributed by atoms with Gasteiger partial charge in [0.1, 0.15) is 42.2 Å². The molecule has 23 heteroatoms. The molecular weight excluding hydrogens is 734 g/mol. The molecule has 5 aromatic rings. The zero-order chi connectivity index (χ0) is 35.4. The van der Waals surface area contributed by atoms with Gasteiger partial charge in [0.05, 0.1) is 37.9 Å². The summed E-state index contributed by atoms with van der Waals surface area (Å²) in [5.74, 6) is -0.403. The van der Waals surface area contributed by atoms with Gasteiger partial charge in [-0.2, -0.15) is 0 Å². The fourth-order valence-electron chi connectivity index (χ4n) is 6.15. The third-order valence-corrected chi connectivity index (χ3v) is 11.9. The van der Waals surface area contributed by atoms with Gasteiger partial charge in [0.25, 0.3) is 5.56 Å². The van der Waals surface area contributed by atoms with Crippen LogP contribution in [0, 0.1) is 11.8 Å². The molecule has 0 radical (unpaired) electrons. The van der Waals surface area contributed by atoms with E-state index in [1.807, 2.05) is 0 Å². The van der Waals surface area contributed by atoms with E-state index in [0.29, 0.717) is 23.2 Å². The second-order valence-corrected chi connectivity index (χ2v) is 17.3. The largest absolute Gasteiger partial charge is 0.386 e. The first-order valence-corrected chi connectivity index (χ1v) is 20.4. The van der Waals surface area contributed by atoms with Crippen molar-refractivity contribution in [3.63, 3.8) is 0 Å². The summed E-state index contributed by atoms with van der Waals surface area (Å²) in [5, 5.41) is 0. The van der Waals surface area contributed by atoms with Crippen molar-refractivity contribution in [2.75, 3.05) is 26.1 Å². The summed E-state index contributed by atoms with van der Waals surface area (Å²) in [7, 11) is 1.18. The lowest BCUT2D eigenvalue weighted by molar-refractivity contribution is -0.0409. The SMILES string of the molecule is C=C[C@@H]1[C@H](OP(=O)(S)OC[C@@H]2C[C@@H](C=C)[C@H](n3cnc4c(N)ncnc43)O2)[C@@H](COP(=O)(S)OC)O[C@H]1n1cnc2c(=O)n3ccnc3[nH]c21. The number of nitrogens with one attached hydrogen (secondary N) is 1. The van der Waals surface area contributed by atoms with Crippen molar-refractivity contribution < 1.29 is 36.7 Å². The van der Waals surface area contributed by atoms with Crippen LogP contribution in [0.4, 0.5) is 5.82 Å². The highest BCUT2D eigenvalue weighted by atomic mass is 32.7. The molecule has 2 unspecified atom stereocenters. The quantitative estimate of drug-likeness (QED) is 0.0761. The summed E-state index contributed by atoms with van der Waals surface area (Å²) in [6.07, 6.45) is 6.92. The zero-order valence-corrected chi connectivity index (χ0v) is 29.8. The molecule has 266 valence electrons. The number of fused-ring (bicyclic) bond motifs is 3. The third kappa shape index (κ3) is 6.47. The maximum Gasteiger partial charge on any atom is 0.386 e. The number of nitrogens with zero attached hydrogens (tertiary/aromatic N) is 8. The van der Waals surface area contributed by atoms with Crippen LogP contribution in [0.5, 0.6) is 0 Å². The van der Waals surface area contributed by atoms with Gasteiger partial charge in [-0.3, -0.25) is 27.5 Å². The summed E-state index contributed by atoms with van der Waals surface area (Å²) < 4.78 is 65.6. The monoisotopic (exact) mass is 766 g/mol. The van der Waals surface area contributed by atoms with E-state index in [4.69, 9.17) is 33.3 Å². The van der Waals surface area contributed by atoms with Gasteiger partial charge < -0.3 is 24.7 Å². The van der Waals surface area contributed by atoms with Crippen LogP contribution in [0.1, 0.15) is 18.9 Å². The molecule has 2 aliphatic rings. The highest BCUT2D eigenvalue weighted by Crippen LogP contribution is 2.58. The van der Waals surface area contributed by atoms with Crippen LogP contribution in [-0.4, -0.2) is 82.1 Å². The molecule has 19 nitrogen and oxygen atoms in total. The summed E-state index contributed by atoms with van der Waals surface area (Å²) >= 11 is 8.22. The van der Waals surface area contributed by atoms with Crippen molar-refractivity contribution >= 4 is 72.0 Å². The summed E-state index contributed by atoms with van der Waals surface area (Å²) in [4.78, 5) is 37.2. The fourth-order valence-corrected chi connectivity index (χ4v) is 8.32. The van der Waals surface area contributed by atoms with E-state index >= 15 is 0 Å². The summed E-state index contributed by atoms with van der Waals surface area (Å²) in [5.41, 5.74) is 6.90. The van der Waals surface area contributed by atoms with E-state index in [1.54, 1.807) is 21.5 Å². The maximum atomic E-state index is 13.8. The molecule has 3 N–H and O–H groups in total. The molecule has 0 spiro atoms. The zero-order valence-electron chi connectivity index (χ0n) is 26.2. The van der Waals surface area contributed by atoms with E-state index in [1.165, 1.54) is 42.6 Å². The van der Waals surface area contributed by atoms with E-state index in [2.05, 4.69) is 67.6 Å². The van der Waals surface area contributed by atoms with Crippen molar-refractivity contribution in [3.8, 4) is 0 Å². The van der Waals surface area contributed by atoms with Gasteiger partial charge in [0, 0.05) is 25.4 Å². The van der Waals surface area contributed by atoms with Gasteiger partial charge in [-0.25, -0.2) is 38.5 Å². The Hall–Kier alpha value is -3.36. The number of H-pyrrole nitrogens is 1. The number of nitrogens with two attached hydrogens (primary N) is 1. The van der Waals surface area contributed by atoms with Gasteiger partial charge in [-0.1, -0.05) is 36.6 Å². The number of nitrogen functional groups attached to an aromatic ring is 1. The maximum absolute atomic E-state index is 13.8. The third-order valence-electron chi connectivity index (χ3n) is 8.53. The summed E-state index contributed by atoms with van der Waals surface area (Å²) in [6.45, 7) is -0.567. The molecule has 9 atom stereocenters. The molecule has 2 aliphatic heterocycles. The Bertz CT molecular complexity index is 2240. The van der Waals surface area contributed by atoms with E-state index < -0.39 is 55.8 Å². The van der Waals surface area contributed by atoms with Crippen LogP contribution in [-0.2, 0) is 36.7 Å². The van der Waals surface area contributed by atoms with Gasteiger partial charge in [0.15, 0.2) is 17.0 Å². The molecule has 2 fully saturated rings. The van der Waals surface area contributed by atoms with Crippen LogP contribution in [0.2, 0.25) is 0 Å². The number of thiol groups is 2. The average Bonchev–Trinajstić information content (AvgIpc) is 3.92. The number of rotatable bonds is 13.